The Balaban J connectivity index is 1.25. The number of benzene rings is 5. The number of aromatic hydroxyl groups is 2. The molecule has 0 unspecified atom stereocenters. The smallest absolute Gasteiger partial charge is 0.245 e. The fourth-order valence-corrected chi connectivity index (χ4v) is 16.8. The number of primary amides is 1. The van der Waals surface area contributed by atoms with Crippen LogP contribution in [0, 0.1) is 22.1 Å². The number of aliphatic hydroxyl groups is 1. The van der Waals surface area contributed by atoms with Gasteiger partial charge in [-0.3, -0.25) is 92.9 Å². The molecule has 0 bridgehead atoms. The monoisotopic (exact) mass is 2070 g/mol. The van der Waals surface area contributed by atoms with Gasteiger partial charge >= 0.3 is 0 Å². The predicted molar refractivity (Wildman–Crippen MR) is 551 cm³/mol. The number of aliphatic hydroxyl groups excluding tert-OH is 1. The van der Waals surface area contributed by atoms with Gasteiger partial charge in [0.05, 0.1) is 24.7 Å². The number of nitrogens with two attached hydrogens (primary N) is 5. The first-order valence-corrected chi connectivity index (χ1v) is 49.8. The average Bonchev–Trinajstić information content (AvgIpc) is 1.68. The van der Waals surface area contributed by atoms with Gasteiger partial charge in [0.15, 0.2) is 17.9 Å². The molecule has 8 rings (SSSR count). The van der Waals surface area contributed by atoms with Crippen molar-refractivity contribution < 1.29 is 92.0 Å². The summed E-state index contributed by atoms with van der Waals surface area (Å²) in [7, 11) is 1.60. The summed E-state index contributed by atoms with van der Waals surface area (Å²) < 4.78 is 1.53. The first-order valence-electron chi connectivity index (χ1n) is 48.6. The van der Waals surface area contributed by atoms with E-state index in [0.29, 0.717) is 50.8 Å². The van der Waals surface area contributed by atoms with Crippen LogP contribution in [0.5, 0.6) is 11.5 Å². The van der Waals surface area contributed by atoms with Crippen molar-refractivity contribution in [1.82, 2.24) is 110 Å². The number of fused-ring (bicyclic) bond motifs is 1. The second-order valence-electron chi connectivity index (χ2n) is 36.7. The molecule has 49 heteroatoms. The summed E-state index contributed by atoms with van der Waals surface area (Å²) in [5.41, 5.74) is 29.4. The molecule has 48 nitrogen and oxygen atoms in total. The van der Waals surface area contributed by atoms with Crippen molar-refractivity contribution in [2.75, 3.05) is 44.2 Å². The number of hydrogen-bond donors (Lipinski definition) is 30. The van der Waals surface area contributed by atoms with E-state index in [2.05, 4.69) is 106 Å². The maximum Gasteiger partial charge on any atom is 0.245 e. The van der Waals surface area contributed by atoms with E-state index in [1.165, 1.54) is 86.4 Å². The fraction of sp³-hybridized carbons (Fsp3) is 0.455. The summed E-state index contributed by atoms with van der Waals surface area (Å²) in [6.07, 6.45) is 0.395. The Morgan fingerprint density at radius 3 is 1.29 bits per heavy atom. The minimum absolute atomic E-state index is 0.0161. The van der Waals surface area contributed by atoms with Crippen LogP contribution in [0.2, 0.25) is 0 Å². The molecule has 16 amide bonds. The Bertz CT molecular complexity index is 5720. The number of rotatable bonds is 34. The molecular weight excluding hydrogens is 1930 g/mol. The molecule has 7 aromatic rings. The van der Waals surface area contributed by atoms with Crippen molar-refractivity contribution in [3.63, 3.8) is 0 Å². The molecule has 148 heavy (non-hydrogen) atoms. The maximum absolute atomic E-state index is 15.8. The molecule has 1 fully saturated rings. The Labute approximate surface area is 859 Å². The van der Waals surface area contributed by atoms with Crippen molar-refractivity contribution in [2.24, 2.45) is 41.6 Å². The highest BCUT2D eigenvalue weighted by Gasteiger charge is 2.42. The van der Waals surface area contributed by atoms with Crippen LogP contribution in [0.3, 0.4) is 0 Å². The summed E-state index contributed by atoms with van der Waals surface area (Å²) in [4.78, 5) is 247. The number of aromatic nitrogens is 3. The van der Waals surface area contributed by atoms with Gasteiger partial charge in [0, 0.05) is 100.0 Å². The molecule has 2 aromatic heterocycles. The van der Waals surface area contributed by atoms with Crippen LogP contribution in [0.25, 0.3) is 10.9 Å². The van der Waals surface area contributed by atoms with E-state index in [0.717, 1.165) is 11.8 Å². The number of thioether (sulfide) groups is 1. The van der Waals surface area contributed by atoms with E-state index in [-0.39, 0.29) is 121 Å². The lowest BCUT2D eigenvalue weighted by atomic mass is 9.96. The summed E-state index contributed by atoms with van der Waals surface area (Å²) >= 11 is 0.746. The molecule has 0 saturated carbocycles. The summed E-state index contributed by atoms with van der Waals surface area (Å²) in [6.45, 7) is 6.26. The number of aryl methyl sites for hydroxylation is 1. The third-order valence-electron chi connectivity index (χ3n) is 24.4. The van der Waals surface area contributed by atoms with E-state index in [4.69, 9.17) is 44.9 Å². The van der Waals surface area contributed by atoms with Crippen molar-refractivity contribution in [3.8, 4) is 11.5 Å². The fourth-order valence-electron chi connectivity index (χ4n) is 16.0. The highest BCUT2D eigenvalue weighted by atomic mass is 32.2. The lowest BCUT2D eigenvalue weighted by molar-refractivity contribution is -0.138. The van der Waals surface area contributed by atoms with Gasteiger partial charge in [-0.1, -0.05) is 123 Å². The minimum atomic E-state index is -2.04. The van der Waals surface area contributed by atoms with Crippen LogP contribution in [-0.2, 0) is 122 Å². The Morgan fingerprint density at radius 1 is 0.459 bits per heavy atom. The number of nitrogens with one attached hydrogen (secondary N) is 22. The number of carbonyl (C=O) groups is 16. The topological polar surface area (TPSA) is 786 Å². The van der Waals surface area contributed by atoms with Crippen molar-refractivity contribution in [1.29, 1.82) is 16.2 Å². The Morgan fingerprint density at radius 2 is 0.845 bits per heavy atom. The van der Waals surface area contributed by atoms with Gasteiger partial charge in [-0.2, -0.15) is 0 Å². The van der Waals surface area contributed by atoms with E-state index in [1.54, 1.807) is 112 Å². The van der Waals surface area contributed by atoms with Gasteiger partial charge < -0.3 is 149 Å². The zero-order valence-electron chi connectivity index (χ0n) is 83.4. The van der Waals surface area contributed by atoms with Gasteiger partial charge in [0.2, 0.25) is 94.5 Å². The minimum Gasteiger partial charge on any atom is -0.508 e. The molecule has 0 spiro atoms. The summed E-state index contributed by atoms with van der Waals surface area (Å²) in [6, 6.07) is 13.0. The van der Waals surface area contributed by atoms with Gasteiger partial charge in [-0.15, -0.1) is 11.8 Å². The second-order valence-corrected chi connectivity index (χ2v) is 37.8. The number of carbonyl (C=O) groups excluding carboxylic acids is 16. The molecule has 15 atom stereocenters. The molecule has 1 aliphatic rings. The number of para-hydroxylation sites is 1. The maximum atomic E-state index is 15.8. The van der Waals surface area contributed by atoms with Gasteiger partial charge in [0.25, 0.3) is 0 Å². The van der Waals surface area contributed by atoms with Gasteiger partial charge in [-0.05, 0) is 149 Å². The van der Waals surface area contributed by atoms with Crippen LogP contribution in [0.15, 0.2) is 152 Å². The van der Waals surface area contributed by atoms with Crippen molar-refractivity contribution in [2.45, 2.75) is 228 Å². The number of phenols is 2. The number of phenolic OH excluding ortho intramolecular Hbond substituents is 2. The number of unbranched alkanes of at least 4 members (excludes halogenated alkanes) is 1. The lowest BCUT2D eigenvalue weighted by Gasteiger charge is -2.31. The van der Waals surface area contributed by atoms with E-state index in [1.807, 2.05) is 0 Å². The number of amides is 16. The number of nitrogens with zero attached hydrogens (tertiary/aromatic N) is 2. The molecule has 1 saturated heterocycles. The zero-order chi connectivity index (χ0) is 108. The first-order chi connectivity index (χ1) is 70.5. The zero-order valence-corrected chi connectivity index (χ0v) is 84.2. The molecule has 35 N–H and O–H groups in total. The molecular formula is C99H139N29O19S. The molecule has 0 aliphatic carbocycles. The predicted octanol–water partition coefficient (Wildman–Crippen LogP) is -4.04. The van der Waals surface area contributed by atoms with E-state index < -0.39 is 239 Å². The third kappa shape index (κ3) is 38.9. The summed E-state index contributed by atoms with van der Waals surface area (Å²) in [5.74, 6) is -19.8. The second kappa shape index (κ2) is 58.9. The first kappa shape index (κ1) is 117. The van der Waals surface area contributed by atoms with Crippen LogP contribution < -0.4 is 124 Å². The highest BCUT2D eigenvalue weighted by Crippen LogP contribution is 2.24. The van der Waals surface area contributed by atoms with Crippen LogP contribution in [0.4, 0.5) is 0 Å². The molecule has 800 valence electrons. The number of guanidine groups is 3. The molecule has 0 radical (unpaired) electrons. The Kier molecular flexibility index (Phi) is 46.6. The number of H-pyrrole nitrogens is 1. The Hall–Kier alpha value is -15.9. The van der Waals surface area contributed by atoms with Gasteiger partial charge in [-0.25, -0.2) is 4.98 Å². The van der Waals surface area contributed by atoms with Crippen molar-refractivity contribution >= 4 is 135 Å². The SMILES string of the molecule is CC[C@H](C)[C@@H]1NC(=O)[C@H]([C@@H](C)O)NC(=O)[C@H](Cc2cncn2C)NC(=O)[C@H](Cc2ccccc2)NC(=O)CSC[C@@H](C(=O)NCC(N)=O)NC(=O)[C@H](Cc2ccc(O)cc2)NC(=O)[C@H](Cc2c[nH]c3ccccc23)NC(=O)[C@H](Cc2ccc(O)cc2)NC(=O)[C@H](CCCNC(=N)N)NC(=O)[C@H](Cc2ccccc2)NC(=O)C(C)(C)NC(=O)[C@H](CCCNC(=N)N)NC(=O)[C@H](CCCCN)NC(=O)[C@H](CCCNC(=N)N)NC1=O. The number of aromatic amines is 1. The molecule has 3 heterocycles. The molecule has 5 aromatic carbocycles. The van der Waals surface area contributed by atoms with E-state index >= 15 is 57.5 Å². The standard InChI is InChI=1S/C99H139N29O19S/c1-7-55(2)80-93(145)118-69(29-19-41-110-97(104)105)84(136)115-67(27-16-17-39-100)83(135)117-70(30-20-42-111-98(106)107)92(144)127-99(4,5)95(147)124-74(44-58-23-12-9-13-24-58)89(141)116-68(28-18-40-109-96(102)103)85(137)119-72(45-59-31-35-63(130)36-32-59)87(139)121-75(47-61-49-112-66-26-15-14-25-65(61)66)90(142)120-73(46-60-33-37-64(131)38-34-60)88(140)123-77(82(134)113-51-78(101)132)52-148-53-79(133)114-71(43-57-21-10-8-11-22-57)86(138)122-76(48-62-50-108-54-128(62)6)91(143)126-81(56(3)129)94(146)125-80/h8-15,21-26,31-38,49-50,54-56,67-77,80-81,112,129-131H,7,16-20,27-30,39-48,51-53,100H2,1-6H3,(H2,101,132)(H,113,134)(H,114,133)(H,115,136)(H,116,141)(H,117,135)(H,118,145)(H,119,137)(H,120,142)(H,121,139)(H,122,138)(H,123,140)(H,124,147)(H,125,146)(H,126,143)(H,127,144)(H4,102,103,109)(H4,104,105,110)(H4,106,107,111)/t55-,56+,67-,68-,69-,70-,71-,72-,73-,74-,75-,76-,77-,80-,81-/m0/s1. The summed E-state index contributed by atoms with van der Waals surface area (Å²) in [5, 5.41) is 105. The number of imidazole rings is 1. The number of hydrogen-bond acceptors (Lipinski definition) is 25. The third-order valence-corrected chi connectivity index (χ3v) is 25.5. The van der Waals surface area contributed by atoms with Crippen LogP contribution in [-0.4, -0.2) is 277 Å². The molecule has 1 aliphatic heterocycles. The van der Waals surface area contributed by atoms with Crippen LogP contribution in [0.1, 0.15) is 132 Å². The normalized spacial score (nSPS) is 22.1. The van der Waals surface area contributed by atoms with Gasteiger partial charge in [0.1, 0.15) is 95.6 Å². The van der Waals surface area contributed by atoms with E-state index in [9.17, 15) is 34.5 Å². The largest absolute Gasteiger partial charge is 0.508 e. The van der Waals surface area contributed by atoms with Crippen molar-refractivity contribution in [3.05, 3.63) is 186 Å². The average molecular weight is 2070 g/mol. The lowest BCUT2D eigenvalue weighted by Crippen LogP contribution is -2.64. The van der Waals surface area contributed by atoms with Crippen LogP contribution >= 0.6 is 11.8 Å². The quantitative estimate of drug-likeness (QED) is 0.0104. The highest BCUT2D eigenvalue weighted by molar-refractivity contribution is 8.00.